The van der Waals surface area contributed by atoms with Crippen LogP contribution in [0.15, 0.2) is 0 Å². The third-order valence-corrected chi connectivity index (χ3v) is 1.59. The average molecular weight is 150 g/mol. The number of carbonyl (C=O) groups is 1. The van der Waals surface area contributed by atoms with Crippen LogP contribution >= 0.6 is 12.0 Å². The van der Waals surface area contributed by atoms with Crippen LogP contribution in [-0.2, 0) is 8.98 Å². The molecule has 0 radical (unpaired) electrons. The molecule has 2 N–H and O–H groups in total. The maximum absolute atomic E-state index is 9.95. The van der Waals surface area contributed by atoms with Crippen LogP contribution in [0, 0.1) is 0 Å². The normalized spacial score (nSPS) is 27.4. The van der Waals surface area contributed by atoms with E-state index in [1.54, 1.807) is 0 Å². The third-order valence-electron chi connectivity index (χ3n) is 0.933. The second-order valence-corrected chi connectivity index (χ2v) is 2.62. The van der Waals surface area contributed by atoms with E-state index in [0.717, 1.165) is 0 Å². The van der Waals surface area contributed by atoms with Gasteiger partial charge in [0.05, 0.1) is 0 Å². The molecule has 9 heavy (non-hydrogen) atoms. The lowest BCUT2D eigenvalue weighted by Crippen LogP contribution is -2.20. The lowest BCUT2D eigenvalue weighted by atomic mass is 10.3. The van der Waals surface area contributed by atoms with Crippen LogP contribution in [0.2, 0.25) is 0 Å². The number of aliphatic carboxylic acids is 1. The van der Waals surface area contributed by atoms with E-state index in [1.165, 1.54) is 12.0 Å². The van der Waals surface area contributed by atoms with E-state index in [0.29, 0.717) is 0 Å². The first kappa shape index (κ1) is 6.85. The van der Waals surface area contributed by atoms with Crippen LogP contribution in [0.3, 0.4) is 0 Å². The van der Waals surface area contributed by atoms with Gasteiger partial charge in [0.25, 0.3) is 0 Å². The minimum absolute atomic E-state index is 0.101. The summed E-state index contributed by atoms with van der Waals surface area (Å²) in [5.41, 5.74) is -0.101. The van der Waals surface area contributed by atoms with Crippen LogP contribution in [-0.4, -0.2) is 27.7 Å². The number of carboxylic acids is 1. The average Bonchev–Trinajstić information content (AvgIpc) is 2.50. The Bertz CT molecular complexity index is 122. The summed E-state index contributed by atoms with van der Waals surface area (Å²) < 4.78 is 4.62. The molecule has 0 amide bonds. The van der Waals surface area contributed by atoms with Crippen molar-refractivity contribution < 1.29 is 19.2 Å². The third kappa shape index (κ3) is 2.21. The largest absolute Gasteiger partial charge is 0.479 e. The van der Waals surface area contributed by atoms with Gasteiger partial charge in [-0.05, 0) is 0 Å². The van der Waals surface area contributed by atoms with Crippen LogP contribution < -0.4 is 0 Å². The van der Waals surface area contributed by atoms with Gasteiger partial charge < -0.3 is 10.2 Å². The predicted octanol–water partition coefficient (Wildman–Crippen LogP) is -0.174. The highest BCUT2D eigenvalue weighted by molar-refractivity contribution is 8.00. The van der Waals surface area contributed by atoms with Gasteiger partial charge in [0, 0.05) is 18.5 Å². The van der Waals surface area contributed by atoms with Gasteiger partial charge in [-0.3, -0.25) is 4.18 Å². The van der Waals surface area contributed by atoms with Crippen LogP contribution in [0.1, 0.15) is 6.42 Å². The van der Waals surface area contributed by atoms with Crippen molar-refractivity contribution in [1.29, 1.82) is 0 Å². The maximum atomic E-state index is 9.95. The summed E-state index contributed by atoms with van der Waals surface area (Å²) in [5.74, 6) is -1.19. The van der Waals surface area contributed by atoms with Crippen molar-refractivity contribution in [2.75, 3.05) is 0 Å². The molecule has 0 saturated carbocycles. The monoisotopic (exact) mass is 150 g/mol. The summed E-state index contributed by atoms with van der Waals surface area (Å²) in [7, 11) is 0. The molecule has 1 rings (SSSR count). The van der Waals surface area contributed by atoms with Gasteiger partial charge in [-0.15, -0.1) is 0 Å². The van der Waals surface area contributed by atoms with Crippen molar-refractivity contribution in [3.05, 3.63) is 0 Å². The highest BCUT2D eigenvalue weighted by atomic mass is 32.2. The van der Waals surface area contributed by atoms with E-state index >= 15 is 0 Å². The van der Waals surface area contributed by atoms with E-state index in [1.807, 2.05) is 0 Å². The molecule has 0 aromatic rings. The molecule has 0 aliphatic carbocycles. The summed E-state index contributed by atoms with van der Waals surface area (Å²) in [6.45, 7) is 0. The minimum atomic E-state index is -1.27. The number of hydrogen-bond acceptors (Lipinski definition) is 4. The van der Waals surface area contributed by atoms with Gasteiger partial charge in [0.15, 0.2) is 6.10 Å². The number of carboxylic acid groups (broad SMARTS) is 1. The molecule has 1 aliphatic heterocycles. The SMILES string of the molecule is O=C(O)[C@H](O)C[C@@H]1OS1. The summed E-state index contributed by atoms with van der Waals surface area (Å²) in [5, 5.41) is 16.8. The molecule has 1 saturated heterocycles. The molecule has 0 bridgehead atoms. The predicted molar refractivity (Wildman–Crippen MR) is 30.7 cm³/mol. The van der Waals surface area contributed by atoms with E-state index < -0.39 is 12.1 Å². The zero-order chi connectivity index (χ0) is 6.85. The van der Waals surface area contributed by atoms with Crippen molar-refractivity contribution in [3.8, 4) is 0 Å². The standard InChI is InChI=1S/C4H6O4S/c5-2(4(6)7)1-3-8-9-3/h2-3,5H,1H2,(H,6,7)/t2-,3-/m1/s1. The molecule has 0 spiro atoms. The number of hydrogen-bond donors (Lipinski definition) is 2. The molecular weight excluding hydrogens is 144 g/mol. The summed E-state index contributed by atoms with van der Waals surface area (Å²) in [6.07, 6.45) is -1.09. The van der Waals surface area contributed by atoms with Crippen molar-refractivity contribution in [2.24, 2.45) is 0 Å². The summed E-state index contributed by atoms with van der Waals surface area (Å²) in [4.78, 5) is 9.95. The molecule has 5 heteroatoms. The lowest BCUT2D eigenvalue weighted by molar-refractivity contribution is -0.147. The fourth-order valence-electron chi connectivity index (χ4n) is 0.401. The number of aliphatic hydroxyl groups is 1. The van der Waals surface area contributed by atoms with E-state index in [2.05, 4.69) is 4.18 Å². The molecular formula is C4H6O4S. The summed E-state index contributed by atoms with van der Waals surface area (Å²) in [6, 6.07) is 0. The Morgan fingerprint density at radius 2 is 2.44 bits per heavy atom. The van der Waals surface area contributed by atoms with Gasteiger partial charge in [-0.2, -0.15) is 0 Å². The quantitative estimate of drug-likeness (QED) is 0.431. The fourth-order valence-corrected chi connectivity index (χ4v) is 0.819. The van der Waals surface area contributed by atoms with Gasteiger partial charge in [0.1, 0.15) is 5.44 Å². The van der Waals surface area contributed by atoms with Gasteiger partial charge in [0.2, 0.25) is 0 Å². The maximum Gasteiger partial charge on any atom is 0.332 e. The zero-order valence-corrected chi connectivity index (χ0v) is 5.30. The Hall–Kier alpha value is -0.260. The van der Waals surface area contributed by atoms with Crippen molar-refractivity contribution >= 4 is 18.0 Å². The fraction of sp³-hybridized carbons (Fsp3) is 0.750. The highest BCUT2D eigenvalue weighted by Crippen LogP contribution is 2.36. The van der Waals surface area contributed by atoms with Crippen molar-refractivity contribution in [2.45, 2.75) is 18.0 Å². The second kappa shape index (κ2) is 2.55. The molecule has 2 atom stereocenters. The van der Waals surface area contributed by atoms with E-state index in [9.17, 15) is 4.79 Å². The Balaban J connectivity index is 2.16. The number of rotatable bonds is 3. The molecule has 4 nitrogen and oxygen atoms in total. The lowest BCUT2D eigenvalue weighted by Gasteiger charge is -1.98. The molecule has 0 aromatic heterocycles. The first-order valence-corrected chi connectivity index (χ1v) is 3.23. The molecule has 1 heterocycles. The van der Waals surface area contributed by atoms with Gasteiger partial charge >= 0.3 is 5.97 Å². The Morgan fingerprint density at radius 3 is 2.78 bits per heavy atom. The van der Waals surface area contributed by atoms with E-state index in [4.69, 9.17) is 10.2 Å². The Morgan fingerprint density at radius 1 is 1.89 bits per heavy atom. The Labute approximate surface area is 56.0 Å². The first-order chi connectivity index (χ1) is 4.20. The first-order valence-electron chi connectivity index (χ1n) is 2.43. The molecule has 0 unspecified atom stereocenters. The van der Waals surface area contributed by atoms with Gasteiger partial charge in [-0.1, -0.05) is 0 Å². The number of aliphatic hydroxyl groups excluding tert-OH is 1. The van der Waals surface area contributed by atoms with Gasteiger partial charge in [-0.25, -0.2) is 4.79 Å². The van der Waals surface area contributed by atoms with Crippen LogP contribution in [0.5, 0.6) is 0 Å². The summed E-state index contributed by atoms with van der Waals surface area (Å²) >= 11 is 1.19. The topological polar surface area (TPSA) is 70.1 Å². The highest BCUT2D eigenvalue weighted by Gasteiger charge is 2.30. The molecule has 1 aliphatic rings. The van der Waals surface area contributed by atoms with Crippen LogP contribution in [0.25, 0.3) is 0 Å². The molecule has 1 fully saturated rings. The van der Waals surface area contributed by atoms with E-state index in [-0.39, 0.29) is 11.9 Å². The Kier molecular flexibility index (Phi) is 1.94. The molecule has 52 valence electrons. The minimum Gasteiger partial charge on any atom is -0.479 e. The van der Waals surface area contributed by atoms with Crippen molar-refractivity contribution in [3.63, 3.8) is 0 Å². The zero-order valence-electron chi connectivity index (χ0n) is 4.48. The smallest absolute Gasteiger partial charge is 0.332 e. The van der Waals surface area contributed by atoms with Crippen LogP contribution in [0.4, 0.5) is 0 Å². The van der Waals surface area contributed by atoms with Crippen molar-refractivity contribution in [1.82, 2.24) is 0 Å². The molecule has 0 aromatic carbocycles. The second-order valence-electron chi connectivity index (χ2n) is 1.71.